The molecule has 0 radical (unpaired) electrons. The molecule has 0 saturated carbocycles. The smallest absolute Gasteiger partial charge is 0.137 e. The van der Waals surface area contributed by atoms with E-state index in [2.05, 4.69) is 303 Å². The predicted octanol–water partition coefficient (Wildman–Crippen LogP) is 27.6. The summed E-state index contributed by atoms with van der Waals surface area (Å²) < 4.78 is 70.0. The highest BCUT2D eigenvalue weighted by atomic mass is 19.1. The number of nitrogens with zero attached hydrogens (tertiary/aromatic N) is 2. The second kappa shape index (κ2) is 27.2. The molecular weight excluding hydrogens is 1500 g/mol. The van der Waals surface area contributed by atoms with Gasteiger partial charge in [-0.2, -0.15) is 0 Å². The van der Waals surface area contributed by atoms with Crippen molar-refractivity contribution in [3.05, 3.63) is 424 Å². The van der Waals surface area contributed by atoms with Crippen molar-refractivity contribution in [2.75, 3.05) is 49.4 Å². The van der Waals surface area contributed by atoms with Crippen molar-refractivity contribution >= 4 is 78.0 Å². The van der Waals surface area contributed by atoms with Crippen LogP contribution in [0.1, 0.15) is 101 Å². The fraction of sp³-hybridized carbons (Fsp3) is 0.153. The Morgan fingerprint density at radius 2 is 0.669 bits per heavy atom. The minimum absolute atomic E-state index is 0.0108. The van der Waals surface area contributed by atoms with Crippen LogP contribution < -0.4 is 14.5 Å². The molecule has 3 unspecified atom stereocenters. The van der Waals surface area contributed by atoms with Crippen LogP contribution >= 0.6 is 0 Å². The van der Waals surface area contributed by atoms with Crippen molar-refractivity contribution in [1.82, 2.24) is 0 Å². The van der Waals surface area contributed by atoms with Crippen LogP contribution in [-0.2, 0) is 30.5 Å². The third-order valence-corrected chi connectivity index (χ3v) is 28.1. The highest BCUT2D eigenvalue weighted by Gasteiger charge is 2.54. The van der Waals surface area contributed by atoms with E-state index in [-0.39, 0.29) is 22.5 Å². The number of ether oxygens (including phenoxy) is 4. The zero-order chi connectivity index (χ0) is 80.5. The molecule has 15 aromatic carbocycles. The molecule has 0 N–H and O–H groups in total. The molecular formula is C111H82F2N2O6. The van der Waals surface area contributed by atoms with Gasteiger partial charge in [0, 0.05) is 39.9 Å². The van der Waals surface area contributed by atoms with Crippen LogP contribution in [0.2, 0.25) is 0 Å². The zero-order valence-corrected chi connectivity index (χ0v) is 67.0. The number of rotatable bonds is 18. The summed E-state index contributed by atoms with van der Waals surface area (Å²) in [6, 6.07) is 117. The number of furan rings is 2. The lowest BCUT2D eigenvalue weighted by Gasteiger charge is -2.41. The molecule has 8 nitrogen and oxygen atoms in total. The Morgan fingerprint density at radius 1 is 0.314 bits per heavy atom. The number of para-hydroxylation sites is 2. The maximum absolute atomic E-state index is 15.7. The van der Waals surface area contributed by atoms with Crippen molar-refractivity contribution in [3.63, 3.8) is 0 Å². The van der Waals surface area contributed by atoms with Gasteiger partial charge in [0.05, 0.1) is 94.6 Å². The maximum Gasteiger partial charge on any atom is 0.137 e. The van der Waals surface area contributed by atoms with Crippen LogP contribution in [0.25, 0.3) is 88.4 Å². The van der Waals surface area contributed by atoms with E-state index in [1.54, 1.807) is 24.3 Å². The van der Waals surface area contributed by atoms with Gasteiger partial charge in [0.25, 0.3) is 0 Å². The Bertz CT molecular complexity index is 7180. The third kappa shape index (κ3) is 10.4. The zero-order valence-electron chi connectivity index (χ0n) is 67.0. The van der Waals surface area contributed by atoms with Gasteiger partial charge < -0.3 is 37.6 Å². The molecule has 2 aliphatic heterocycles. The summed E-state index contributed by atoms with van der Waals surface area (Å²) >= 11 is 0. The van der Waals surface area contributed by atoms with Gasteiger partial charge in [0.1, 0.15) is 39.7 Å². The number of benzene rings is 15. The summed E-state index contributed by atoms with van der Waals surface area (Å²) in [6.45, 7) is 8.39. The van der Waals surface area contributed by atoms with Gasteiger partial charge in [-0.3, -0.25) is 0 Å². The van der Waals surface area contributed by atoms with Gasteiger partial charge >= 0.3 is 0 Å². The van der Waals surface area contributed by atoms with Gasteiger partial charge in [-0.15, -0.1) is 0 Å². The second-order valence-electron chi connectivity index (χ2n) is 34.2. The average molecular weight is 1580 g/mol. The molecule has 586 valence electrons. The maximum atomic E-state index is 15.7. The first-order valence-electron chi connectivity index (χ1n) is 42.4. The van der Waals surface area contributed by atoms with Crippen molar-refractivity contribution in [3.8, 4) is 50.3 Å². The van der Waals surface area contributed by atoms with Crippen LogP contribution in [0.4, 0.5) is 42.9 Å². The lowest BCUT2D eigenvalue weighted by atomic mass is 9.65. The molecule has 4 heterocycles. The predicted molar refractivity (Wildman–Crippen MR) is 480 cm³/mol. The van der Waals surface area contributed by atoms with Crippen molar-refractivity contribution in [2.45, 2.75) is 55.8 Å². The average Bonchev–Trinajstić information content (AvgIpc) is 1.49. The van der Waals surface area contributed by atoms with E-state index in [1.807, 2.05) is 36.4 Å². The minimum atomic E-state index is -0.922. The monoisotopic (exact) mass is 1580 g/mol. The molecule has 1 spiro atoms. The second-order valence-corrected chi connectivity index (χ2v) is 34.2. The standard InChI is InChI=1S/C111H82F2N2O6/c1-3-107(63-116-64-107)67-118-79-51-39-71(40-52-79)109(69-35-43-73(112)44-36-69)91-25-11-5-19-81(91)85-55-47-75(59-95(85)109)114(99-29-17-33-103-105(99)89-23-9-15-31-101(89)120-103)77-49-57-87-83-21-7-13-27-93(83)111(97(87)61-77)94-28-14-8-22-84(94)88-58-50-78(62-98(88)111)115(100-30-18-34-104-106(100)90-24-10-16-32-102(90)121-104)76-48-56-86-82-20-6-12-26-92(82)110(96(86)60-76,70-37-45-74(113)46-38-70)72-41-53-80(54-42-72)119-68-108(4-2)65-117-66-108/h5-41,43-53,55-62H,3-4,42,54,63-68H2,1-2H3. The summed E-state index contributed by atoms with van der Waals surface area (Å²) in [5.74, 6) is 1.15. The van der Waals surface area contributed by atoms with Gasteiger partial charge in [0.2, 0.25) is 0 Å². The van der Waals surface area contributed by atoms with Crippen LogP contribution in [0.15, 0.2) is 360 Å². The van der Waals surface area contributed by atoms with E-state index in [1.165, 1.54) is 16.7 Å². The molecule has 17 aromatic rings. The van der Waals surface area contributed by atoms with Crippen LogP contribution in [0, 0.1) is 22.5 Å². The summed E-state index contributed by atoms with van der Waals surface area (Å²) in [5.41, 5.74) is 28.5. The van der Waals surface area contributed by atoms with E-state index in [0.29, 0.717) is 46.1 Å². The molecule has 10 heteroatoms. The fourth-order valence-electron chi connectivity index (χ4n) is 21.9. The number of hydrogen-bond acceptors (Lipinski definition) is 8. The van der Waals surface area contributed by atoms with E-state index < -0.39 is 16.2 Å². The molecule has 5 aliphatic carbocycles. The molecule has 121 heavy (non-hydrogen) atoms. The van der Waals surface area contributed by atoms with Gasteiger partial charge in [0.15, 0.2) is 0 Å². The minimum Gasteiger partial charge on any atom is -0.497 e. The third-order valence-electron chi connectivity index (χ3n) is 28.1. The van der Waals surface area contributed by atoms with Gasteiger partial charge in [-0.05, 0) is 252 Å². The van der Waals surface area contributed by atoms with E-state index in [9.17, 15) is 0 Å². The van der Waals surface area contributed by atoms with Crippen molar-refractivity contribution < 1.29 is 36.6 Å². The summed E-state index contributed by atoms with van der Waals surface area (Å²) in [6.07, 6.45) is 7.87. The highest BCUT2D eigenvalue weighted by Crippen LogP contribution is 2.67. The topological polar surface area (TPSA) is 69.7 Å². The lowest BCUT2D eigenvalue weighted by molar-refractivity contribution is -0.143. The first kappa shape index (κ1) is 71.5. The van der Waals surface area contributed by atoms with Gasteiger partial charge in [-0.25, -0.2) is 8.78 Å². The summed E-state index contributed by atoms with van der Waals surface area (Å²) in [5, 5.41) is 3.98. The molecule has 0 bridgehead atoms. The molecule has 24 rings (SSSR count). The quantitative estimate of drug-likeness (QED) is 0.0842. The first-order chi connectivity index (χ1) is 59.6. The first-order valence-corrected chi connectivity index (χ1v) is 42.4. The summed E-state index contributed by atoms with van der Waals surface area (Å²) in [7, 11) is 0. The Kier molecular flexibility index (Phi) is 16.1. The van der Waals surface area contributed by atoms with E-state index in [0.717, 1.165) is 203 Å². The molecule has 3 atom stereocenters. The number of halogens is 2. The van der Waals surface area contributed by atoms with Crippen molar-refractivity contribution in [2.24, 2.45) is 10.8 Å². The van der Waals surface area contributed by atoms with Crippen LogP contribution in [0.5, 0.6) is 5.75 Å². The summed E-state index contributed by atoms with van der Waals surface area (Å²) in [4.78, 5) is 4.93. The highest BCUT2D eigenvalue weighted by molar-refractivity contribution is 6.15. The van der Waals surface area contributed by atoms with Gasteiger partial charge in [-0.1, -0.05) is 232 Å². The van der Waals surface area contributed by atoms with Crippen LogP contribution in [-0.4, -0.2) is 39.6 Å². The molecule has 2 saturated heterocycles. The Morgan fingerprint density at radius 3 is 1.08 bits per heavy atom. The number of fused-ring (bicyclic) bond motifs is 22. The number of anilines is 6. The lowest BCUT2D eigenvalue weighted by Crippen LogP contribution is -2.46. The SMILES string of the molecule is CCC1(COC2=CC=C(C3(c4ccc(F)cc4)c4ccccc4-c4ccc(N(c5ccc6c(c5)C5(c7ccccc7-6)c6ccccc6-c6ccc(N(c7ccc8c(c7)C(c7ccc(F)cc7)(c7ccc(OCC9(CC)COC9)cc7)c7ccccc7-8)c7cccc8oc9ccccc9c78)cc65)c5cccc6oc7ccccc7c56)cc43)CC2)COC1. The molecule has 7 aliphatic rings. The van der Waals surface area contributed by atoms with Crippen molar-refractivity contribution in [1.29, 1.82) is 0 Å². The van der Waals surface area contributed by atoms with E-state index >= 15 is 8.78 Å². The largest absolute Gasteiger partial charge is 0.497 e. The Hall–Kier alpha value is -13.6. The normalized spacial score (nSPS) is 18.8. The fourth-order valence-corrected chi connectivity index (χ4v) is 21.9. The Labute approximate surface area is 700 Å². The molecule has 2 fully saturated rings. The molecule has 0 amide bonds. The number of allylic oxidation sites excluding steroid dienone is 4. The number of hydrogen-bond donors (Lipinski definition) is 0. The van der Waals surface area contributed by atoms with Crippen LogP contribution in [0.3, 0.4) is 0 Å². The molecule has 2 aromatic heterocycles. The van der Waals surface area contributed by atoms with E-state index in [4.69, 9.17) is 27.8 Å². The Balaban J connectivity index is 0.723.